The highest BCUT2D eigenvalue weighted by Crippen LogP contribution is 2.54. The molecule has 0 saturated carbocycles. The number of hydrogen-bond donors (Lipinski definition) is 0. The molecule has 1 aliphatic rings. The lowest BCUT2D eigenvalue weighted by molar-refractivity contribution is 0.226. The molecule has 0 N–H and O–H groups in total. The fourth-order valence-corrected chi connectivity index (χ4v) is 5.09. The Kier molecular flexibility index (Phi) is 8.47. The van der Waals surface area contributed by atoms with Crippen molar-refractivity contribution in [3.8, 4) is 33.8 Å². The van der Waals surface area contributed by atoms with Crippen LogP contribution >= 0.6 is 0 Å². The summed E-state index contributed by atoms with van der Waals surface area (Å²) in [4.78, 5) is 4.89. The molecule has 0 atom stereocenters. The van der Waals surface area contributed by atoms with E-state index in [0.717, 1.165) is 63.6 Å². The monoisotopic (exact) mass is 460 g/mol. The van der Waals surface area contributed by atoms with Crippen molar-refractivity contribution in [1.82, 2.24) is 9.80 Å². The highest BCUT2D eigenvalue weighted by Gasteiger charge is 2.27. The van der Waals surface area contributed by atoms with Crippen molar-refractivity contribution in [2.45, 2.75) is 40.5 Å². The summed E-state index contributed by atoms with van der Waals surface area (Å²) >= 11 is 0. The van der Waals surface area contributed by atoms with Gasteiger partial charge >= 0.3 is 0 Å². The molecule has 0 aliphatic heterocycles. The Morgan fingerprint density at radius 3 is 1.88 bits per heavy atom. The van der Waals surface area contributed by atoms with Crippen LogP contribution in [0.2, 0.25) is 0 Å². The van der Waals surface area contributed by atoms with Crippen LogP contribution in [-0.2, 0) is 0 Å². The second-order valence-corrected chi connectivity index (χ2v) is 8.99. The summed E-state index contributed by atoms with van der Waals surface area (Å²) in [5.41, 5.74) is 5.03. The van der Waals surface area contributed by atoms with E-state index in [1.54, 1.807) is 0 Å². The van der Waals surface area contributed by atoms with E-state index < -0.39 is 0 Å². The first-order chi connectivity index (χ1) is 16.7. The highest BCUT2D eigenvalue weighted by atomic mass is 16.5. The van der Waals surface area contributed by atoms with Crippen LogP contribution in [0.25, 0.3) is 33.0 Å². The zero-order valence-corrected chi connectivity index (χ0v) is 21.4. The Morgan fingerprint density at radius 1 is 0.647 bits per heavy atom. The molecule has 0 saturated heterocycles. The Morgan fingerprint density at radius 2 is 1.24 bits per heavy atom. The quantitative estimate of drug-likeness (QED) is 0.195. The molecule has 4 nitrogen and oxygen atoms in total. The lowest BCUT2D eigenvalue weighted by Crippen LogP contribution is -2.25. The van der Waals surface area contributed by atoms with Gasteiger partial charge in [-0.15, -0.1) is 0 Å². The first kappa shape index (κ1) is 24.6. The van der Waals surface area contributed by atoms with Crippen LogP contribution in [-0.4, -0.2) is 62.3 Å². The van der Waals surface area contributed by atoms with Crippen LogP contribution in [0.4, 0.5) is 0 Å². The van der Waals surface area contributed by atoms with Gasteiger partial charge in [-0.2, -0.15) is 0 Å². The van der Waals surface area contributed by atoms with Crippen LogP contribution < -0.4 is 9.47 Å². The number of nitrogens with zero attached hydrogens (tertiary/aromatic N) is 2. The van der Waals surface area contributed by atoms with Crippen molar-refractivity contribution in [2.24, 2.45) is 0 Å². The molecule has 0 radical (unpaired) electrons. The maximum atomic E-state index is 6.56. The molecule has 1 aliphatic carbocycles. The SMILES string of the molecule is CCN(CC)CCCOc1cc2cccc3c2c(c1OCCCN(CC)CC)-c1ccccc1-3. The summed E-state index contributed by atoms with van der Waals surface area (Å²) in [5.74, 6) is 1.78. The van der Waals surface area contributed by atoms with Gasteiger partial charge in [-0.3, -0.25) is 0 Å². The van der Waals surface area contributed by atoms with Crippen molar-refractivity contribution in [3.63, 3.8) is 0 Å². The summed E-state index contributed by atoms with van der Waals surface area (Å²) in [5, 5.41) is 2.51. The number of fused-ring (bicyclic) bond motifs is 3. The van der Waals surface area contributed by atoms with E-state index in [1.165, 1.54) is 33.0 Å². The molecule has 0 fully saturated rings. The van der Waals surface area contributed by atoms with E-state index in [9.17, 15) is 0 Å². The van der Waals surface area contributed by atoms with Crippen LogP contribution in [0, 0.1) is 0 Å². The van der Waals surface area contributed by atoms with Crippen molar-refractivity contribution < 1.29 is 9.47 Å². The van der Waals surface area contributed by atoms with Crippen LogP contribution in [0.3, 0.4) is 0 Å². The van der Waals surface area contributed by atoms with Crippen molar-refractivity contribution >= 4 is 10.8 Å². The summed E-state index contributed by atoms with van der Waals surface area (Å²) in [6.45, 7) is 16.7. The predicted octanol–water partition coefficient (Wildman–Crippen LogP) is 6.71. The number of hydrogen-bond acceptors (Lipinski definition) is 4. The molecule has 3 aromatic carbocycles. The average Bonchev–Trinajstić information content (AvgIpc) is 3.21. The third kappa shape index (κ3) is 5.08. The largest absolute Gasteiger partial charge is 0.490 e. The van der Waals surface area contributed by atoms with Crippen LogP contribution in [0.15, 0.2) is 48.5 Å². The molecular formula is C30H40N2O2. The molecule has 0 amide bonds. The second-order valence-electron chi connectivity index (χ2n) is 8.99. The van der Waals surface area contributed by atoms with Gasteiger partial charge in [0, 0.05) is 24.0 Å². The lowest BCUT2D eigenvalue weighted by atomic mass is 10.0. The first-order valence-electron chi connectivity index (χ1n) is 13.1. The fourth-order valence-electron chi connectivity index (χ4n) is 5.09. The van der Waals surface area contributed by atoms with Gasteiger partial charge in [-0.05, 0) is 67.2 Å². The molecule has 0 unspecified atom stereocenters. The Balaban J connectivity index is 1.63. The van der Waals surface area contributed by atoms with Gasteiger partial charge in [0.15, 0.2) is 11.5 Å². The zero-order chi connectivity index (χ0) is 23.9. The Labute approximate surface area is 205 Å². The number of benzene rings is 3. The van der Waals surface area contributed by atoms with E-state index in [2.05, 4.69) is 86.0 Å². The molecule has 3 aromatic rings. The summed E-state index contributed by atoms with van der Waals surface area (Å²) in [7, 11) is 0. The maximum absolute atomic E-state index is 6.56. The molecule has 4 rings (SSSR count). The first-order valence-corrected chi connectivity index (χ1v) is 13.1. The zero-order valence-electron chi connectivity index (χ0n) is 21.4. The number of ether oxygens (including phenoxy) is 2. The second kappa shape index (κ2) is 11.7. The van der Waals surface area contributed by atoms with Gasteiger partial charge in [-0.1, -0.05) is 70.2 Å². The summed E-state index contributed by atoms with van der Waals surface area (Å²) < 4.78 is 13.0. The lowest BCUT2D eigenvalue weighted by Gasteiger charge is -2.21. The molecule has 0 spiro atoms. The third-order valence-corrected chi connectivity index (χ3v) is 7.10. The Hall–Kier alpha value is -2.56. The van der Waals surface area contributed by atoms with Gasteiger partial charge in [0.25, 0.3) is 0 Å². The minimum atomic E-state index is 0.690. The third-order valence-electron chi connectivity index (χ3n) is 7.10. The minimum absolute atomic E-state index is 0.690. The maximum Gasteiger partial charge on any atom is 0.169 e. The van der Waals surface area contributed by atoms with E-state index in [-0.39, 0.29) is 0 Å². The average molecular weight is 461 g/mol. The van der Waals surface area contributed by atoms with Gasteiger partial charge in [0.2, 0.25) is 0 Å². The van der Waals surface area contributed by atoms with Crippen molar-refractivity contribution in [3.05, 3.63) is 48.5 Å². The van der Waals surface area contributed by atoms with E-state index in [4.69, 9.17) is 9.47 Å². The van der Waals surface area contributed by atoms with Crippen LogP contribution in [0.1, 0.15) is 40.5 Å². The molecular weight excluding hydrogens is 420 g/mol. The normalized spacial score (nSPS) is 12.1. The summed E-state index contributed by atoms with van der Waals surface area (Å²) in [6.07, 6.45) is 2.01. The van der Waals surface area contributed by atoms with Gasteiger partial charge in [-0.25, -0.2) is 0 Å². The van der Waals surface area contributed by atoms with Crippen molar-refractivity contribution in [2.75, 3.05) is 52.5 Å². The molecule has 0 aromatic heterocycles. The predicted molar refractivity (Wildman–Crippen MR) is 144 cm³/mol. The molecule has 4 heteroatoms. The van der Waals surface area contributed by atoms with E-state index >= 15 is 0 Å². The number of rotatable bonds is 14. The van der Waals surface area contributed by atoms with E-state index in [0.29, 0.717) is 13.2 Å². The summed E-state index contributed by atoms with van der Waals surface area (Å²) in [6, 6.07) is 17.4. The topological polar surface area (TPSA) is 24.9 Å². The van der Waals surface area contributed by atoms with Crippen LogP contribution in [0.5, 0.6) is 11.5 Å². The Bertz CT molecular complexity index is 1090. The molecule has 182 valence electrons. The standard InChI is InChI=1S/C30H40N2O2/c1-5-31(6-2)18-12-20-33-27-22-23-14-11-17-25-24-15-9-10-16-26(24)29(28(23)25)30(27)34-21-13-19-32(7-3)8-4/h9-11,14-17,22H,5-8,12-13,18-21H2,1-4H3. The molecule has 0 heterocycles. The van der Waals surface area contributed by atoms with Gasteiger partial charge in [0.05, 0.1) is 13.2 Å². The highest BCUT2D eigenvalue weighted by molar-refractivity contribution is 6.17. The van der Waals surface area contributed by atoms with Gasteiger partial charge < -0.3 is 19.3 Å². The van der Waals surface area contributed by atoms with Gasteiger partial charge in [0.1, 0.15) is 0 Å². The molecule has 34 heavy (non-hydrogen) atoms. The molecule has 0 bridgehead atoms. The van der Waals surface area contributed by atoms with Crippen molar-refractivity contribution in [1.29, 1.82) is 0 Å². The fraction of sp³-hybridized carbons (Fsp3) is 0.467. The smallest absolute Gasteiger partial charge is 0.169 e. The minimum Gasteiger partial charge on any atom is -0.490 e. The van der Waals surface area contributed by atoms with E-state index in [1.807, 2.05) is 0 Å².